The normalized spacial score (nSPS) is 10.4. The fraction of sp³-hybridized carbons (Fsp3) is 0.200. The Morgan fingerprint density at radius 3 is 2.70 bits per heavy atom. The molecule has 2 aromatic heterocycles. The summed E-state index contributed by atoms with van der Waals surface area (Å²) < 4.78 is 5.18. The lowest BCUT2D eigenvalue weighted by Crippen LogP contribution is -2.23. The summed E-state index contributed by atoms with van der Waals surface area (Å²) in [7, 11) is 1.52. The van der Waals surface area contributed by atoms with E-state index in [-0.39, 0.29) is 24.5 Å². The Morgan fingerprint density at radius 2 is 1.93 bits per heavy atom. The van der Waals surface area contributed by atoms with Crippen LogP contribution in [0.25, 0.3) is 10.7 Å². The number of methoxy groups -OCH3 is 1. The highest BCUT2D eigenvalue weighted by molar-refractivity contribution is 7.13. The number of hydrogen-bond donors (Lipinski definition) is 1. The van der Waals surface area contributed by atoms with Crippen LogP contribution in [-0.4, -0.2) is 28.8 Å². The zero-order valence-electron chi connectivity index (χ0n) is 14.8. The minimum Gasteiger partial charge on any atom is -0.496 e. The Bertz CT molecular complexity index is 925. The molecule has 0 bridgehead atoms. The molecule has 0 aliphatic carbocycles. The van der Waals surface area contributed by atoms with E-state index in [1.807, 2.05) is 23.6 Å². The van der Waals surface area contributed by atoms with E-state index in [1.165, 1.54) is 18.4 Å². The van der Waals surface area contributed by atoms with Crippen molar-refractivity contribution >= 4 is 23.0 Å². The van der Waals surface area contributed by atoms with Crippen LogP contribution in [0.15, 0.2) is 54.0 Å². The maximum atomic E-state index is 12.3. The third-order valence-electron chi connectivity index (χ3n) is 3.89. The van der Waals surface area contributed by atoms with E-state index in [1.54, 1.807) is 30.5 Å². The Morgan fingerprint density at radius 1 is 1.11 bits per heavy atom. The predicted octanol–water partition coefficient (Wildman–Crippen LogP) is 3.49. The number of amides is 1. The zero-order chi connectivity index (χ0) is 19.1. The molecule has 3 aromatic rings. The number of ketones is 1. The molecule has 0 saturated heterocycles. The van der Waals surface area contributed by atoms with Crippen molar-refractivity contribution in [2.75, 3.05) is 7.11 Å². The standard InChI is InChI=1S/C20H19N3O3S/c1-26-18-8-3-2-6-15(18)17(24)9-10-19(25)22-12-14-13-27-20(23-14)16-7-4-5-11-21-16/h2-8,11,13H,9-10,12H2,1H3,(H,22,25). The molecule has 0 atom stereocenters. The molecule has 138 valence electrons. The Hall–Kier alpha value is -3.06. The minimum absolute atomic E-state index is 0.117. The number of hydrogen-bond acceptors (Lipinski definition) is 6. The van der Waals surface area contributed by atoms with E-state index >= 15 is 0 Å². The number of rotatable bonds is 8. The zero-order valence-corrected chi connectivity index (χ0v) is 15.7. The molecular weight excluding hydrogens is 362 g/mol. The second kappa shape index (κ2) is 9.05. The molecule has 6 nitrogen and oxygen atoms in total. The van der Waals surface area contributed by atoms with Gasteiger partial charge in [-0.1, -0.05) is 18.2 Å². The molecule has 0 fully saturated rings. The second-order valence-electron chi connectivity index (χ2n) is 5.76. The minimum atomic E-state index is -0.189. The van der Waals surface area contributed by atoms with Crippen LogP contribution >= 0.6 is 11.3 Å². The van der Waals surface area contributed by atoms with Crippen LogP contribution in [0.5, 0.6) is 5.75 Å². The topological polar surface area (TPSA) is 81.2 Å². The number of nitrogens with one attached hydrogen (secondary N) is 1. The van der Waals surface area contributed by atoms with Crippen molar-refractivity contribution in [3.63, 3.8) is 0 Å². The first kappa shape index (κ1) is 18.7. The van der Waals surface area contributed by atoms with Gasteiger partial charge in [-0.3, -0.25) is 14.6 Å². The smallest absolute Gasteiger partial charge is 0.220 e. The van der Waals surface area contributed by atoms with Gasteiger partial charge in [0, 0.05) is 24.4 Å². The van der Waals surface area contributed by atoms with Crippen molar-refractivity contribution in [2.24, 2.45) is 0 Å². The first-order valence-electron chi connectivity index (χ1n) is 8.46. The van der Waals surface area contributed by atoms with Gasteiger partial charge in [0.25, 0.3) is 0 Å². The summed E-state index contributed by atoms with van der Waals surface area (Å²) in [5.41, 5.74) is 2.07. The SMILES string of the molecule is COc1ccccc1C(=O)CCC(=O)NCc1csc(-c2ccccn2)n1. The van der Waals surface area contributed by atoms with Crippen LogP contribution in [-0.2, 0) is 11.3 Å². The largest absolute Gasteiger partial charge is 0.496 e. The predicted molar refractivity (Wildman–Crippen MR) is 104 cm³/mol. The number of Topliss-reactive ketones (excluding diaryl/α,β-unsaturated/α-hetero) is 1. The number of benzene rings is 1. The third kappa shape index (κ3) is 4.98. The number of pyridine rings is 1. The number of aromatic nitrogens is 2. The summed E-state index contributed by atoms with van der Waals surface area (Å²) in [6.07, 6.45) is 1.97. The van der Waals surface area contributed by atoms with Crippen LogP contribution in [0.2, 0.25) is 0 Å². The van der Waals surface area contributed by atoms with Gasteiger partial charge >= 0.3 is 0 Å². The molecule has 0 unspecified atom stereocenters. The highest BCUT2D eigenvalue weighted by Gasteiger charge is 2.14. The van der Waals surface area contributed by atoms with Gasteiger partial charge < -0.3 is 10.1 Å². The third-order valence-corrected chi connectivity index (χ3v) is 4.80. The monoisotopic (exact) mass is 381 g/mol. The first-order valence-corrected chi connectivity index (χ1v) is 9.34. The van der Waals surface area contributed by atoms with Gasteiger partial charge in [0.15, 0.2) is 5.78 Å². The van der Waals surface area contributed by atoms with E-state index in [2.05, 4.69) is 15.3 Å². The lowest BCUT2D eigenvalue weighted by molar-refractivity contribution is -0.121. The number of carbonyl (C=O) groups excluding carboxylic acids is 2. The molecule has 0 spiro atoms. The number of para-hydroxylation sites is 1. The summed E-state index contributed by atoms with van der Waals surface area (Å²) in [5.74, 6) is 0.215. The van der Waals surface area contributed by atoms with Gasteiger partial charge in [0.2, 0.25) is 5.91 Å². The molecule has 1 N–H and O–H groups in total. The molecule has 1 amide bonds. The second-order valence-corrected chi connectivity index (χ2v) is 6.62. The van der Waals surface area contributed by atoms with Crippen molar-refractivity contribution in [1.29, 1.82) is 0 Å². The van der Waals surface area contributed by atoms with E-state index in [0.717, 1.165) is 16.4 Å². The maximum Gasteiger partial charge on any atom is 0.220 e. The van der Waals surface area contributed by atoms with E-state index < -0.39 is 0 Å². The summed E-state index contributed by atoms with van der Waals surface area (Å²) in [4.78, 5) is 33.1. The van der Waals surface area contributed by atoms with E-state index in [4.69, 9.17) is 4.74 Å². The highest BCUT2D eigenvalue weighted by Crippen LogP contribution is 2.21. The Kier molecular flexibility index (Phi) is 6.27. The average molecular weight is 381 g/mol. The van der Waals surface area contributed by atoms with Crippen LogP contribution in [0.4, 0.5) is 0 Å². The van der Waals surface area contributed by atoms with Crippen molar-refractivity contribution in [3.05, 3.63) is 65.3 Å². The lowest BCUT2D eigenvalue weighted by atomic mass is 10.1. The van der Waals surface area contributed by atoms with Crippen molar-refractivity contribution < 1.29 is 14.3 Å². The summed E-state index contributed by atoms with van der Waals surface area (Å²) >= 11 is 1.48. The van der Waals surface area contributed by atoms with E-state index in [9.17, 15) is 9.59 Å². The lowest BCUT2D eigenvalue weighted by Gasteiger charge is -2.07. The van der Waals surface area contributed by atoms with Crippen LogP contribution in [0.1, 0.15) is 28.9 Å². The number of ether oxygens (including phenoxy) is 1. The molecule has 0 aliphatic rings. The number of nitrogens with zero attached hydrogens (tertiary/aromatic N) is 2. The molecule has 0 saturated carbocycles. The van der Waals surface area contributed by atoms with E-state index in [0.29, 0.717) is 17.9 Å². The van der Waals surface area contributed by atoms with Crippen molar-refractivity contribution in [2.45, 2.75) is 19.4 Å². The van der Waals surface area contributed by atoms with Gasteiger partial charge in [-0.15, -0.1) is 11.3 Å². The van der Waals surface area contributed by atoms with Crippen molar-refractivity contribution in [1.82, 2.24) is 15.3 Å². The Labute approximate surface area is 161 Å². The highest BCUT2D eigenvalue weighted by atomic mass is 32.1. The maximum absolute atomic E-state index is 12.3. The summed E-state index contributed by atoms with van der Waals surface area (Å²) in [6.45, 7) is 0.324. The van der Waals surface area contributed by atoms with Gasteiger partial charge in [0.05, 0.1) is 30.6 Å². The molecule has 27 heavy (non-hydrogen) atoms. The molecule has 3 rings (SSSR count). The van der Waals surface area contributed by atoms with Crippen LogP contribution in [0, 0.1) is 0 Å². The van der Waals surface area contributed by atoms with Crippen molar-refractivity contribution in [3.8, 4) is 16.5 Å². The first-order chi connectivity index (χ1) is 13.2. The molecule has 2 heterocycles. The number of thiazole rings is 1. The average Bonchev–Trinajstić information content (AvgIpc) is 3.20. The van der Waals surface area contributed by atoms with Crippen LogP contribution < -0.4 is 10.1 Å². The molecule has 0 radical (unpaired) electrons. The molecule has 1 aromatic carbocycles. The molecular formula is C20H19N3O3S. The number of carbonyl (C=O) groups is 2. The van der Waals surface area contributed by atoms with Crippen LogP contribution in [0.3, 0.4) is 0 Å². The molecule has 0 aliphatic heterocycles. The fourth-order valence-electron chi connectivity index (χ4n) is 2.51. The Balaban J connectivity index is 1.49. The quantitative estimate of drug-likeness (QED) is 0.604. The summed E-state index contributed by atoms with van der Waals surface area (Å²) in [5, 5.41) is 5.50. The fourth-order valence-corrected chi connectivity index (χ4v) is 3.30. The molecule has 7 heteroatoms. The van der Waals surface area contributed by atoms with Gasteiger partial charge in [0.1, 0.15) is 10.8 Å². The van der Waals surface area contributed by atoms with Gasteiger partial charge in [-0.2, -0.15) is 0 Å². The summed E-state index contributed by atoms with van der Waals surface area (Å²) in [6, 6.07) is 12.7. The van der Waals surface area contributed by atoms with Gasteiger partial charge in [-0.25, -0.2) is 4.98 Å². The van der Waals surface area contributed by atoms with Gasteiger partial charge in [-0.05, 0) is 24.3 Å².